The molecule has 2 N–H and O–H groups in total. The standard InChI is InChI=1S/C24H19F3N4O4/c25-17-11-15(31-13-16(35-24(31)34)12-29-23(33)22(26)27)7-8-19(17)30-20-6-3-4-14(10-21(20)32)18-5-1-2-9-28-18/h1-11,16,22H,12-13H2,(H,29,33)(H,30,32). The number of carbonyl (C=O) groups is 2. The van der Waals surface area contributed by atoms with Gasteiger partial charge in [0.2, 0.25) is 5.43 Å². The molecule has 0 aliphatic carbocycles. The SMILES string of the molecule is O=C(NCC1CN(c2ccc(Nc3cccc(-c4ccccn4)cc3=O)c(F)c2)C(=O)O1)C(F)F. The summed E-state index contributed by atoms with van der Waals surface area (Å²) in [5.74, 6) is -2.21. The number of aromatic nitrogens is 1. The zero-order valence-electron chi connectivity index (χ0n) is 18.1. The van der Waals surface area contributed by atoms with Gasteiger partial charge in [-0.15, -0.1) is 0 Å². The van der Waals surface area contributed by atoms with Crippen LogP contribution in [0.15, 0.2) is 71.7 Å². The van der Waals surface area contributed by atoms with Crippen LogP contribution in [0, 0.1) is 5.82 Å². The number of cyclic esters (lactones) is 1. The van der Waals surface area contributed by atoms with Crippen LogP contribution in [-0.2, 0) is 9.53 Å². The fourth-order valence-electron chi connectivity index (χ4n) is 3.44. The van der Waals surface area contributed by atoms with Crippen molar-refractivity contribution < 1.29 is 27.5 Å². The van der Waals surface area contributed by atoms with Gasteiger partial charge in [0.15, 0.2) is 0 Å². The second kappa shape index (κ2) is 10.2. The fourth-order valence-corrected chi connectivity index (χ4v) is 3.44. The number of rotatable bonds is 7. The van der Waals surface area contributed by atoms with Gasteiger partial charge in [-0.2, -0.15) is 8.78 Å². The Morgan fingerprint density at radius 3 is 2.63 bits per heavy atom. The number of hydrogen-bond acceptors (Lipinski definition) is 6. The highest BCUT2D eigenvalue weighted by Crippen LogP contribution is 2.27. The van der Waals surface area contributed by atoms with E-state index in [1.165, 1.54) is 24.3 Å². The van der Waals surface area contributed by atoms with Crippen LogP contribution in [0.1, 0.15) is 0 Å². The third-order valence-corrected chi connectivity index (χ3v) is 5.16. The number of halogens is 3. The summed E-state index contributed by atoms with van der Waals surface area (Å²) in [6.07, 6.45) is -3.24. The lowest BCUT2D eigenvalue weighted by Gasteiger charge is -2.15. The van der Waals surface area contributed by atoms with Gasteiger partial charge in [-0.05, 0) is 42.5 Å². The first-order chi connectivity index (χ1) is 16.8. The lowest BCUT2D eigenvalue weighted by Crippen LogP contribution is -2.37. The van der Waals surface area contributed by atoms with Gasteiger partial charge in [-0.25, -0.2) is 9.18 Å². The molecule has 0 bridgehead atoms. The van der Waals surface area contributed by atoms with E-state index in [1.807, 2.05) is 5.32 Å². The molecule has 2 amide bonds. The summed E-state index contributed by atoms with van der Waals surface area (Å²) in [5, 5.41) is 4.74. The Morgan fingerprint density at radius 1 is 1.09 bits per heavy atom. The molecule has 4 rings (SSSR count). The highest BCUT2D eigenvalue weighted by atomic mass is 19.3. The molecule has 1 saturated heterocycles. The average Bonchev–Trinajstić information content (AvgIpc) is 3.12. The molecule has 1 fully saturated rings. The van der Waals surface area contributed by atoms with Crippen molar-refractivity contribution in [3.05, 3.63) is 82.9 Å². The molecule has 1 aromatic heterocycles. The van der Waals surface area contributed by atoms with E-state index < -0.39 is 30.3 Å². The number of nitrogens with one attached hydrogen (secondary N) is 2. The number of anilines is 3. The first-order valence-corrected chi connectivity index (χ1v) is 10.5. The molecule has 1 aliphatic rings. The van der Waals surface area contributed by atoms with Crippen LogP contribution in [0.3, 0.4) is 0 Å². The molecule has 1 aliphatic heterocycles. The Morgan fingerprint density at radius 2 is 1.91 bits per heavy atom. The molecule has 1 atom stereocenters. The fraction of sp³-hybridized carbons (Fsp3) is 0.167. The summed E-state index contributed by atoms with van der Waals surface area (Å²) in [4.78, 5) is 41.2. The van der Waals surface area contributed by atoms with Crippen molar-refractivity contribution in [2.45, 2.75) is 12.5 Å². The first-order valence-electron chi connectivity index (χ1n) is 10.5. The molecule has 0 spiro atoms. The maximum Gasteiger partial charge on any atom is 0.414 e. The van der Waals surface area contributed by atoms with Crippen LogP contribution in [0.2, 0.25) is 0 Å². The predicted octanol–water partition coefficient (Wildman–Crippen LogP) is 3.70. The first kappa shape index (κ1) is 23.7. The summed E-state index contributed by atoms with van der Waals surface area (Å²) < 4.78 is 44.5. The van der Waals surface area contributed by atoms with E-state index in [2.05, 4.69) is 10.3 Å². The molecule has 0 radical (unpaired) electrons. The van der Waals surface area contributed by atoms with Crippen LogP contribution in [0.5, 0.6) is 0 Å². The number of hydrogen-bond donors (Lipinski definition) is 2. The molecule has 8 nitrogen and oxygen atoms in total. The normalized spacial score (nSPS) is 15.1. The Balaban J connectivity index is 1.47. The Kier molecular flexibility index (Phi) is 6.95. The number of benzene rings is 1. The maximum atomic E-state index is 14.8. The lowest BCUT2D eigenvalue weighted by molar-refractivity contribution is -0.132. The van der Waals surface area contributed by atoms with Crippen LogP contribution in [0.4, 0.5) is 35.0 Å². The number of amides is 2. The van der Waals surface area contributed by atoms with Crippen LogP contribution in [0.25, 0.3) is 11.3 Å². The molecule has 11 heteroatoms. The molecule has 2 aromatic carbocycles. The number of alkyl halides is 2. The molecular weight excluding hydrogens is 465 g/mol. The van der Waals surface area contributed by atoms with Crippen molar-refractivity contribution in [1.82, 2.24) is 10.3 Å². The van der Waals surface area contributed by atoms with Gasteiger partial charge in [0, 0.05) is 11.8 Å². The predicted molar refractivity (Wildman–Crippen MR) is 122 cm³/mol. The number of ether oxygens (including phenoxy) is 1. The van der Waals surface area contributed by atoms with E-state index in [0.29, 0.717) is 11.3 Å². The minimum Gasteiger partial charge on any atom is -0.442 e. The molecule has 180 valence electrons. The van der Waals surface area contributed by atoms with E-state index in [-0.39, 0.29) is 35.6 Å². The van der Waals surface area contributed by atoms with Crippen molar-refractivity contribution in [3.63, 3.8) is 0 Å². The number of carbonyl (C=O) groups excluding carboxylic acids is 2. The molecule has 0 saturated carbocycles. The smallest absolute Gasteiger partial charge is 0.414 e. The Hall–Kier alpha value is -4.41. The third-order valence-electron chi connectivity index (χ3n) is 5.16. The van der Waals surface area contributed by atoms with E-state index in [4.69, 9.17) is 4.74 Å². The third kappa shape index (κ3) is 5.57. The van der Waals surface area contributed by atoms with Crippen LogP contribution >= 0.6 is 0 Å². The van der Waals surface area contributed by atoms with Gasteiger partial charge in [-0.3, -0.25) is 19.5 Å². The molecule has 2 heterocycles. The van der Waals surface area contributed by atoms with Crippen LogP contribution in [-0.4, -0.2) is 42.6 Å². The molecule has 3 aromatic rings. The average molecular weight is 484 g/mol. The Bertz CT molecular complexity index is 1310. The van der Waals surface area contributed by atoms with Crippen molar-refractivity contribution in [3.8, 4) is 11.3 Å². The maximum absolute atomic E-state index is 14.8. The van der Waals surface area contributed by atoms with E-state index in [1.54, 1.807) is 36.5 Å². The van der Waals surface area contributed by atoms with E-state index >= 15 is 0 Å². The molecular formula is C24H19F3N4O4. The van der Waals surface area contributed by atoms with Gasteiger partial charge in [0.25, 0.3) is 5.91 Å². The quantitative estimate of drug-likeness (QED) is 0.531. The summed E-state index contributed by atoms with van der Waals surface area (Å²) in [6, 6.07) is 15.5. The van der Waals surface area contributed by atoms with Crippen LogP contribution < -0.4 is 21.0 Å². The highest BCUT2D eigenvalue weighted by molar-refractivity contribution is 5.90. The van der Waals surface area contributed by atoms with Crippen molar-refractivity contribution in [2.24, 2.45) is 0 Å². The van der Waals surface area contributed by atoms with Gasteiger partial charge < -0.3 is 15.4 Å². The lowest BCUT2D eigenvalue weighted by atomic mass is 10.2. The second-order valence-electron chi connectivity index (χ2n) is 7.57. The summed E-state index contributed by atoms with van der Waals surface area (Å²) in [7, 11) is 0. The largest absolute Gasteiger partial charge is 0.442 e. The van der Waals surface area contributed by atoms with Gasteiger partial charge >= 0.3 is 12.5 Å². The van der Waals surface area contributed by atoms with Gasteiger partial charge in [0.1, 0.15) is 11.9 Å². The second-order valence-corrected chi connectivity index (χ2v) is 7.57. The summed E-state index contributed by atoms with van der Waals surface area (Å²) in [5.41, 5.74) is 1.15. The van der Waals surface area contributed by atoms with Crippen molar-refractivity contribution >= 4 is 29.1 Å². The number of nitrogens with zero attached hydrogens (tertiary/aromatic N) is 2. The molecule has 1 unspecified atom stereocenters. The zero-order chi connectivity index (χ0) is 24.9. The van der Waals surface area contributed by atoms with Crippen molar-refractivity contribution in [1.29, 1.82) is 0 Å². The topological polar surface area (TPSA) is 101 Å². The van der Waals surface area contributed by atoms with E-state index in [0.717, 1.165) is 11.0 Å². The van der Waals surface area contributed by atoms with E-state index in [9.17, 15) is 27.6 Å². The van der Waals surface area contributed by atoms with Crippen molar-refractivity contribution in [2.75, 3.05) is 23.3 Å². The highest BCUT2D eigenvalue weighted by Gasteiger charge is 2.33. The van der Waals surface area contributed by atoms with Gasteiger partial charge in [0.05, 0.1) is 35.8 Å². The number of pyridine rings is 1. The summed E-state index contributed by atoms with van der Waals surface area (Å²) >= 11 is 0. The summed E-state index contributed by atoms with van der Waals surface area (Å²) in [6.45, 7) is -0.366. The monoisotopic (exact) mass is 484 g/mol. The molecule has 35 heavy (non-hydrogen) atoms. The zero-order valence-corrected chi connectivity index (χ0v) is 18.1. The minimum absolute atomic E-state index is 0.00440. The van der Waals surface area contributed by atoms with Gasteiger partial charge in [-0.1, -0.05) is 18.2 Å². The minimum atomic E-state index is -3.18. The Labute approximate surface area is 197 Å².